The van der Waals surface area contributed by atoms with E-state index < -0.39 is 0 Å². The number of allylic oxidation sites excluding steroid dienone is 1. The van der Waals surface area contributed by atoms with Gasteiger partial charge in [-0.25, -0.2) is 5.84 Å². The van der Waals surface area contributed by atoms with Crippen LogP contribution in [-0.2, 0) is 0 Å². The highest BCUT2D eigenvalue weighted by Crippen LogP contribution is 2.22. The molecule has 1 aromatic carbocycles. The van der Waals surface area contributed by atoms with E-state index in [-0.39, 0.29) is 0 Å². The lowest BCUT2D eigenvalue weighted by atomic mass is 10.1. The van der Waals surface area contributed by atoms with Crippen molar-refractivity contribution in [1.82, 2.24) is 0 Å². The molecule has 1 aromatic rings. The number of hydrazine groups is 1. The van der Waals surface area contributed by atoms with Crippen molar-refractivity contribution in [2.45, 2.75) is 6.92 Å². The second-order valence-corrected chi connectivity index (χ2v) is 2.91. The van der Waals surface area contributed by atoms with Crippen LogP contribution in [0.1, 0.15) is 12.5 Å². The summed E-state index contributed by atoms with van der Waals surface area (Å²) in [5.74, 6) is 5.64. The molecule has 12 heavy (non-hydrogen) atoms. The van der Waals surface area contributed by atoms with E-state index in [1.807, 2.05) is 38.2 Å². The first-order chi connectivity index (χ1) is 5.63. The third-order valence-electron chi connectivity index (χ3n) is 1.74. The largest absolute Gasteiger partial charge is 0.314 e. The predicted octanol–water partition coefficient (Wildman–Crippen LogP) is 2.03. The summed E-state index contributed by atoms with van der Waals surface area (Å²) >= 11 is 0. The molecule has 2 N–H and O–H groups in total. The Morgan fingerprint density at radius 1 is 1.42 bits per heavy atom. The van der Waals surface area contributed by atoms with Crippen molar-refractivity contribution in [3.05, 3.63) is 36.4 Å². The van der Waals surface area contributed by atoms with Gasteiger partial charge in [-0.05, 0) is 18.6 Å². The van der Waals surface area contributed by atoms with E-state index >= 15 is 0 Å². The monoisotopic (exact) mass is 162 g/mol. The van der Waals surface area contributed by atoms with Crippen molar-refractivity contribution in [1.29, 1.82) is 0 Å². The van der Waals surface area contributed by atoms with Crippen molar-refractivity contribution in [3.8, 4) is 0 Å². The molecule has 0 saturated carbocycles. The highest BCUT2D eigenvalue weighted by atomic mass is 15.4. The number of para-hydroxylation sites is 1. The molecule has 0 amide bonds. The summed E-state index contributed by atoms with van der Waals surface area (Å²) in [6.45, 7) is 5.86. The molecule has 0 saturated heterocycles. The number of nitrogens with two attached hydrogens (primary N) is 1. The zero-order chi connectivity index (χ0) is 9.14. The molecule has 0 unspecified atom stereocenters. The Morgan fingerprint density at radius 3 is 2.42 bits per heavy atom. The first-order valence-corrected chi connectivity index (χ1v) is 3.86. The fourth-order valence-corrected chi connectivity index (χ4v) is 1.14. The maximum atomic E-state index is 5.64. The molecule has 0 aliphatic heterocycles. The number of benzene rings is 1. The lowest BCUT2D eigenvalue weighted by Crippen LogP contribution is -2.25. The average Bonchev–Trinajstić information content (AvgIpc) is 2.04. The van der Waals surface area contributed by atoms with Crippen molar-refractivity contribution in [2.75, 3.05) is 12.1 Å². The molecule has 0 bridgehead atoms. The summed E-state index contributed by atoms with van der Waals surface area (Å²) in [5, 5.41) is 1.60. The van der Waals surface area contributed by atoms with Gasteiger partial charge >= 0.3 is 0 Å². The van der Waals surface area contributed by atoms with Crippen LogP contribution in [0.25, 0.3) is 5.57 Å². The minimum atomic E-state index is 1.00. The van der Waals surface area contributed by atoms with Gasteiger partial charge in [0.1, 0.15) is 0 Å². The highest BCUT2D eigenvalue weighted by molar-refractivity contribution is 5.73. The van der Waals surface area contributed by atoms with Crippen LogP contribution >= 0.6 is 0 Å². The molecule has 1 rings (SSSR count). The fourth-order valence-electron chi connectivity index (χ4n) is 1.14. The maximum absolute atomic E-state index is 5.64. The average molecular weight is 162 g/mol. The Bertz CT molecular complexity index is 290. The Morgan fingerprint density at radius 2 is 2.00 bits per heavy atom. The number of hydrogen-bond acceptors (Lipinski definition) is 2. The first kappa shape index (κ1) is 8.81. The zero-order valence-corrected chi connectivity index (χ0v) is 7.54. The first-order valence-electron chi connectivity index (χ1n) is 3.86. The van der Waals surface area contributed by atoms with E-state index in [0.717, 1.165) is 16.8 Å². The van der Waals surface area contributed by atoms with Crippen molar-refractivity contribution in [2.24, 2.45) is 5.84 Å². The topological polar surface area (TPSA) is 29.3 Å². The van der Waals surface area contributed by atoms with Crippen LogP contribution in [0, 0.1) is 0 Å². The van der Waals surface area contributed by atoms with Gasteiger partial charge in [0.2, 0.25) is 0 Å². The van der Waals surface area contributed by atoms with Crippen LogP contribution in [0.3, 0.4) is 0 Å². The van der Waals surface area contributed by atoms with Crippen molar-refractivity contribution < 1.29 is 0 Å². The van der Waals surface area contributed by atoms with E-state index in [4.69, 9.17) is 5.84 Å². The molecule has 64 valence electrons. The minimum Gasteiger partial charge on any atom is -0.314 e. The molecule has 2 heteroatoms. The number of hydrogen-bond donors (Lipinski definition) is 1. The Hall–Kier alpha value is -1.28. The fraction of sp³-hybridized carbons (Fsp3) is 0.200. The number of rotatable bonds is 2. The number of anilines is 1. The Kier molecular flexibility index (Phi) is 2.51. The summed E-state index contributed by atoms with van der Waals surface area (Å²) in [7, 11) is 1.82. The predicted molar refractivity (Wildman–Crippen MR) is 53.7 cm³/mol. The van der Waals surface area contributed by atoms with E-state index in [2.05, 4.69) is 6.58 Å². The van der Waals surface area contributed by atoms with Gasteiger partial charge in [0.05, 0.1) is 5.69 Å². The molecular weight excluding hydrogens is 148 g/mol. The molecule has 0 aliphatic rings. The summed E-state index contributed by atoms with van der Waals surface area (Å²) in [6.07, 6.45) is 0. The van der Waals surface area contributed by atoms with Gasteiger partial charge in [0.25, 0.3) is 0 Å². The van der Waals surface area contributed by atoms with Crippen LogP contribution in [0.15, 0.2) is 30.8 Å². The van der Waals surface area contributed by atoms with Crippen LogP contribution in [0.5, 0.6) is 0 Å². The summed E-state index contributed by atoms with van der Waals surface area (Å²) in [5.41, 5.74) is 3.13. The van der Waals surface area contributed by atoms with Crippen LogP contribution in [-0.4, -0.2) is 7.05 Å². The molecule has 0 aliphatic carbocycles. The summed E-state index contributed by atoms with van der Waals surface area (Å²) in [6, 6.07) is 7.94. The molecule has 0 atom stereocenters. The second kappa shape index (κ2) is 3.41. The molecule has 0 aromatic heterocycles. The summed E-state index contributed by atoms with van der Waals surface area (Å²) < 4.78 is 0. The molecule has 0 radical (unpaired) electrons. The van der Waals surface area contributed by atoms with Gasteiger partial charge < -0.3 is 5.01 Å². The standard InChI is InChI=1S/C10H14N2/c1-8(2)9-6-4-5-7-10(9)12(3)11/h4-7H,1,11H2,2-3H3. The molecular formula is C10H14N2. The molecule has 0 heterocycles. The SMILES string of the molecule is C=C(C)c1ccccc1N(C)N. The van der Waals surface area contributed by atoms with E-state index in [1.54, 1.807) is 5.01 Å². The third kappa shape index (κ3) is 1.66. The summed E-state index contributed by atoms with van der Waals surface area (Å²) in [4.78, 5) is 0. The Balaban J connectivity index is 3.17. The van der Waals surface area contributed by atoms with Gasteiger partial charge in [-0.2, -0.15) is 0 Å². The van der Waals surface area contributed by atoms with Gasteiger partial charge in [-0.1, -0.05) is 24.8 Å². The minimum absolute atomic E-state index is 1.00. The van der Waals surface area contributed by atoms with E-state index in [9.17, 15) is 0 Å². The Labute approximate surface area is 73.3 Å². The van der Waals surface area contributed by atoms with Gasteiger partial charge in [0.15, 0.2) is 0 Å². The smallest absolute Gasteiger partial charge is 0.0588 e. The van der Waals surface area contributed by atoms with Crippen LogP contribution in [0.2, 0.25) is 0 Å². The zero-order valence-electron chi connectivity index (χ0n) is 7.54. The quantitative estimate of drug-likeness (QED) is 0.532. The van der Waals surface area contributed by atoms with Gasteiger partial charge in [-0.15, -0.1) is 0 Å². The lowest BCUT2D eigenvalue weighted by Gasteiger charge is -2.16. The second-order valence-electron chi connectivity index (χ2n) is 2.91. The van der Waals surface area contributed by atoms with Crippen molar-refractivity contribution in [3.63, 3.8) is 0 Å². The third-order valence-corrected chi connectivity index (χ3v) is 1.74. The molecule has 0 spiro atoms. The van der Waals surface area contributed by atoms with Gasteiger partial charge in [0, 0.05) is 12.6 Å². The lowest BCUT2D eigenvalue weighted by molar-refractivity contribution is 1.01. The van der Waals surface area contributed by atoms with Crippen LogP contribution < -0.4 is 10.9 Å². The normalized spacial score (nSPS) is 9.58. The number of nitrogens with zero attached hydrogens (tertiary/aromatic N) is 1. The molecule has 0 fully saturated rings. The van der Waals surface area contributed by atoms with Gasteiger partial charge in [-0.3, -0.25) is 0 Å². The maximum Gasteiger partial charge on any atom is 0.0588 e. The molecule has 2 nitrogen and oxygen atoms in total. The van der Waals surface area contributed by atoms with Crippen LogP contribution in [0.4, 0.5) is 5.69 Å². The highest BCUT2D eigenvalue weighted by Gasteiger charge is 2.02. The van der Waals surface area contributed by atoms with E-state index in [1.165, 1.54) is 0 Å². The van der Waals surface area contributed by atoms with Crippen molar-refractivity contribution >= 4 is 11.3 Å². The van der Waals surface area contributed by atoms with E-state index in [0.29, 0.717) is 0 Å².